The molecule has 13 heavy (non-hydrogen) atoms. The van der Waals surface area contributed by atoms with Crippen LogP contribution in [-0.4, -0.2) is 12.3 Å². The number of rotatable bonds is 0. The van der Waals surface area contributed by atoms with Gasteiger partial charge >= 0.3 is 0 Å². The summed E-state index contributed by atoms with van der Waals surface area (Å²) in [4.78, 5) is 4.58. The fraction of sp³-hybridized carbons (Fsp3) is 0.750. The first-order valence-electron chi connectivity index (χ1n) is 4.97. The van der Waals surface area contributed by atoms with E-state index < -0.39 is 0 Å². The molecule has 0 atom stereocenters. The Labute approximate surface area is 82.0 Å². The van der Waals surface area contributed by atoms with E-state index >= 15 is 0 Å². The van der Waals surface area contributed by atoms with Crippen molar-refractivity contribution >= 4 is 5.71 Å². The zero-order valence-electron chi connectivity index (χ0n) is 9.73. The van der Waals surface area contributed by atoms with Crippen LogP contribution in [0, 0.1) is 10.8 Å². The molecule has 0 spiro atoms. The van der Waals surface area contributed by atoms with Gasteiger partial charge in [-0.25, -0.2) is 0 Å². The molecule has 0 aromatic heterocycles. The smallest absolute Gasteiger partial charge is 0.0611 e. The van der Waals surface area contributed by atoms with E-state index in [0.29, 0.717) is 0 Å². The van der Waals surface area contributed by atoms with Crippen LogP contribution in [0.25, 0.3) is 0 Å². The van der Waals surface area contributed by atoms with Gasteiger partial charge < -0.3 is 0 Å². The van der Waals surface area contributed by atoms with Crippen molar-refractivity contribution < 1.29 is 0 Å². The van der Waals surface area contributed by atoms with Gasteiger partial charge in [-0.2, -0.15) is 0 Å². The summed E-state index contributed by atoms with van der Waals surface area (Å²) in [5, 5.41) is 0. The van der Waals surface area contributed by atoms with Crippen LogP contribution in [0.1, 0.15) is 41.5 Å². The van der Waals surface area contributed by atoms with E-state index in [1.165, 1.54) is 11.3 Å². The second kappa shape index (κ2) is 2.97. The Morgan fingerprint density at radius 3 is 1.77 bits per heavy atom. The molecule has 0 unspecified atom stereocenters. The molecular weight excluding hydrogens is 158 g/mol. The normalized spacial score (nSPS) is 18.6. The molecule has 0 aliphatic carbocycles. The number of nitrogens with zero attached hydrogens (tertiary/aromatic N) is 1. The molecule has 0 bridgehead atoms. The molecule has 0 fully saturated rings. The predicted octanol–water partition coefficient (Wildman–Crippen LogP) is 3.46. The Kier molecular flexibility index (Phi) is 2.40. The Hall–Kier alpha value is -0.590. The highest BCUT2D eigenvalue weighted by Crippen LogP contribution is 2.31. The van der Waals surface area contributed by atoms with Crippen molar-refractivity contribution in [2.75, 3.05) is 6.54 Å². The van der Waals surface area contributed by atoms with Gasteiger partial charge in [0.15, 0.2) is 0 Å². The van der Waals surface area contributed by atoms with Crippen LogP contribution in [0.15, 0.2) is 16.6 Å². The van der Waals surface area contributed by atoms with E-state index in [1.807, 2.05) is 0 Å². The van der Waals surface area contributed by atoms with Crippen molar-refractivity contribution in [2.45, 2.75) is 41.5 Å². The van der Waals surface area contributed by atoms with E-state index in [2.05, 4.69) is 52.6 Å². The molecule has 0 aromatic rings. The number of aliphatic imine (C=N–C) groups is 1. The lowest BCUT2D eigenvalue weighted by atomic mass is 9.84. The molecule has 0 radical (unpaired) electrons. The average Bonchev–Trinajstić information content (AvgIpc) is 2.28. The molecule has 0 aromatic carbocycles. The molecule has 74 valence electrons. The minimum Gasteiger partial charge on any atom is -0.285 e. The third kappa shape index (κ3) is 2.43. The van der Waals surface area contributed by atoms with Crippen molar-refractivity contribution in [3.8, 4) is 0 Å². The van der Waals surface area contributed by atoms with Gasteiger partial charge in [0.1, 0.15) is 0 Å². The Morgan fingerprint density at radius 2 is 1.54 bits per heavy atom. The minimum atomic E-state index is 0.201. The van der Waals surface area contributed by atoms with Crippen molar-refractivity contribution in [1.29, 1.82) is 0 Å². The van der Waals surface area contributed by atoms with Crippen LogP contribution >= 0.6 is 0 Å². The Bertz CT molecular complexity index is 256. The van der Waals surface area contributed by atoms with Crippen molar-refractivity contribution in [1.82, 2.24) is 0 Å². The highest BCUT2D eigenvalue weighted by molar-refractivity contribution is 6.01. The zero-order valence-corrected chi connectivity index (χ0v) is 9.73. The summed E-state index contributed by atoms with van der Waals surface area (Å²) in [6.45, 7) is 14.3. The summed E-state index contributed by atoms with van der Waals surface area (Å²) in [6.07, 6.45) is 2.28. The van der Waals surface area contributed by atoms with Gasteiger partial charge in [0.2, 0.25) is 0 Å². The maximum Gasteiger partial charge on any atom is 0.0611 e. The second-order valence-corrected chi connectivity index (χ2v) is 5.87. The molecule has 1 aliphatic rings. The quantitative estimate of drug-likeness (QED) is 0.540. The summed E-state index contributed by atoms with van der Waals surface area (Å²) >= 11 is 0. The number of allylic oxidation sites excluding steroid dienone is 1. The van der Waals surface area contributed by atoms with E-state index in [0.717, 1.165) is 6.54 Å². The fourth-order valence-corrected chi connectivity index (χ4v) is 1.33. The molecule has 1 heterocycles. The van der Waals surface area contributed by atoms with E-state index in [1.54, 1.807) is 0 Å². The fourth-order valence-electron chi connectivity index (χ4n) is 1.33. The number of hydrogen-bond donors (Lipinski definition) is 0. The second-order valence-electron chi connectivity index (χ2n) is 5.87. The summed E-state index contributed by atoms with van der Waals surface area (Å²) in [5.41, 5.74) is 3.18. The Balaban J connectivity index is 2.84. The maximum atomic E-state index is 4.58. The van der Waals surface area contributed by atoms with E-state index in [-0.39, 0.29) is 10.8 Å². The minimum absolute atomic E-state index is 0.201. The lowest BCUT2D eigenvalue weighted by molar-refractivity contribution is 0.499. The first-order valence-corrected chi connectivity index (χ1v) is 4.97. The molecule has 0 amide bonds. The zero-order chi connectivity index (χ0) is 10.3. The lowest BCUT2D eigenvalue weighted by Gasteiger charge is -2.20. The van der Waals surface area contributed by atoms with E-state index in [9.17, 15) is 0 Å². The molecule has 0 saturated carbocycles. The van der Waals surface area contributed by atoms with Gasteiger partial charge in [-0.15, -0.1) is 0 Å². The van der Waals surface area contributed by atoms with Gasteiger partial charge in [-0.3, -0.25) is 4.99 Å². The molecular formula is C12H21N. The van der Waals surface area contributed by atoms with Crippen LogP contribution in [0.5, 0.6) is 0 Å². The van der Waals surface area contributed by atoms with Gasteiger partial charge in [0, 0.05) is 11.1 Å². The van der Waals surface area contributed by atoms with Crippen molar-refractivity contribution in [2.24, 2.45) is 15.8 Å². The van der Waals surface area contributed by atoms with Crippen LogP contribution in [-0.2, 0) is 0 Å². The van der Waals surface area contributed by atoms with Crippen LogP contribution in [0.3, 0.4) is 0 Å². The highest BCUT2D eigenvalue weighted by Gasteiger charge is 2.25. The van der Waals surface area contributed by atoms with E-state index in [4.69, 9.17) is 0 Å². The Morgan fingerprint density at radius 1 is 1.00 bits per heavy atom. The van der Waals surface area contributed by atoms with Crippen molar-refractivity contribution in [3.63, 3.8) is 0 Å². The number of hydrogen-bond acceptors (Lipinski definition) is 1. The topological polar surface area (TPSA) is 12.4 Å². The molecule has 0 N–H and O–H groups in total. The largest absolute Gasteiger partial charge is 0.285 e. The van der Waals surface area contributed by atoms with Crippen LogP contribution in [0.2, 0.25) is 0 Å². The summed E-state index contributed by atoms with van der Waals surface area (Å²) in [5.74, 6) is 0. The van der Waals surface area contributed by atoms with Crippen LogP contribution < -0.4 is 0 Å². The lowest BCUT2D eigenvalue weighted by Crippen LogP contribution is -2.17. The molecule has 1 nitrogen and oxygen atoms in total. The van der Waals surface area contributed by atoms with Gasteiger partial charge in [0.05, 0.1) is 6.54 Å². The first kappa shape index (κ1) is 10.5. The van der Waals surface area contributed by atoms with Gasteiger partial charge in [-0.1, -0.05) is 41.5 Å². The highest BCUT2D eigenvalue weighted by atomic mass is 14.8. The summed E-state index contributed by atoms with van der Waals surface area (Å²) < 4.78 is 0. The van der Waals surface area contributed by atoms with Crippen LogP contribution in [0.4, 0.5) is 0 Å². The molecule has 1 heteroatoms. The molecule has 1 rings (SSSR count). The average molecular weight is 179 g/mol. The summed E-state index contributed by atoms with van der Waals surface area (Å²) in [7, 11) is 0. The molecule has 0 saturated heterocycles. The van der Waals surface area contributed by atoms with Gasteiger partial charge in [-0.05, 0) is 17.1 Å². The maximum absolute atomic E-state index is 4.58. The standard InChI is InChI=1S/C12H21N/c1-11(2,3)9-7-10(13-8-9)12(4,5)6/h7H,8H2,1-6H3. The third-order valence-electron chi connectivity index (χ3n) is 2.46. The third-order valence-corrected chi connectivity index (χ3v) is 2.46. The van der Waals surface area contributed by atoms with Gasteiger partial charge in [0.25, 0.3) is 0 Å². The molecule has 1 aliphatic heterocycles. The SMILES string of the molecule is CC(C)(C)C1=CC(C(C)(C)C)=NC1. The predicted molar refractivity (Wildman–Crippen MR) is 59.3 cm³/mol. The van der Waals surface area contributed by atoms with Crippen molar-refractivity contribution in [3.05, 3.63) is 11.6 Å². The monoisotopic (exact) mass is 179 g/mol. The first-order chi connectivity index (χ1) is 5.71. The summed E-state index contributed by atoms with van der Waals surface area (Å²) in [6, 6.07) is 0.